The third-order valence-electron chi connectivity index (χ3n) is 4.94. The van der Waals surface area contributed by atoms with E-state index in [0.717, 1.165) is 22.6 Å². The number of ether oxygens (including phenoxy) is 1. The number of nitrogens with one attached hydrogen (secondary N) is 1. The Labute approximate surface area is 190 Å². The van der Waals surface area contributed by atoms with Crippen LogP contribution in [0.5, 0.6) is 5.75 Å². The minimum Gasteiger partial charge on any atom is -0.497 e. The van der Waals surface area contributed by atoms with E-state index in [0.29, 0.717) is 16.7 Å². The van der Waals surface area contributed by atoms with Crippen LogP contribution >= 0.6 is 11.8 Å². The minimum absolute atomic E-state index is 0.120. The number of methoxy groups -OCH3 is 1. The third kappa shape index (κ3) is 4.65. The van der Waals surface area contributed by atoms with Gasteiger partial charge in [0.1, 0.15) is 5.75 Å². The number of pyridine rings is 1. The molecular weight excluding hydrogens is 422 g/mol. The van der Waals surface area contributed by atoms with E-state index >= 15 is 0 Å². The van der Waals surface area contributed by atoms with Crippen molar-refractivity contribution in [3.8, 4) is 22.8 Å². The van der Waals surface area contributed by atoms with Gasteiger partial charge in [0.05, 0.1) is 18.0 Å². The Morgan fingerprint density at radius 1 is 1.03 bits per heavy atom. The Morgan fingerprint density at radius 3 is 2.44 bits per heavy atom. The van der Waals surface area contributed by atoms with Gasteiger partial charge in [-0.15, -0.1) is 10.2 Å². The monoisotopic (exact) mass is 445 g/mol. The molecule has 0 aliphatic heterocycles. The molecule has 0 aliphatic carbocycles. The molecule has 7 nitrogen and oxygen atoms in total. The molecule has 162 valence electrons. The number of hydrogen-bond donors (Lipinski definition) is 1. The predicted molar refractivity (Wildman–Crippen MR) is 126 cm³/mol. The van der Waals surface area contributed by atoms with Crippen LogP contribution in [0.25, 0.3) is 17.1 Å². The first-order chi connectivity index (χ1) is 15.6. The number of carbonyl (C=O) groups is 1. The lowest BCUT2D eigenvalue weighted by Crippen LogP contribution is -2.22. The molecule has 2 heterocycles. The minimum atomic E-state index is -0.394. The van der Waals surface area contributed by atoms with Gasteiger partial charge in [0, 0.05) is 23.6 Å². The Bertz CT molecular complexity index is 1210. The quantitative estimate of drug-likeness (QED) is 0.413. The Kier molecular flexibility index (Phi) is 6.51. The van der Waals surface area contributed by atoms with Gasteiger partial charge in [0.2, 0.25) is 5.91 Å². The summed E-state index contributed by atoms with van der Waals surface area (Å²) in [7, 11) is 1.61. The molecule has 0 bridgehead atoms. The zero-order valence-corrected chi connectivity index (χ0v) is 18.8. The van der Waals surface area contributed by atoms with Crippen molar-refractivity contribution in [2.45, 2.75) is 24.3 Å². The van der Waals surface area contributed by atoms with Crippen molar-refractivity contribution in [2.24, 2.45) is 0 Å². The van der Waals surface area contributed by atoms with Crippen LogP contribution in [0.4, 0.5) is 5.69 Å². The molecule has 2 aromatic heterocycles. The van der Waals surface area contributed by atoms with Crippen molar-refractivity contribution in [1.82, 2.24) is 19.7 Å². The van der Waals surface area contributed by atoms with Crippen LogP contribution in [0, 0.1) is 6.92 Å². The van der Waals surface area contributed by atoms with E-state index in [4.69, 9.17) is 4.74 Å². The zero-order chi connectivity index (χ0) is 22.5. The number of amides is 1. The van der Waals surface area contributed by atoms with Crippen LogP contribution in [0.2, 0.25) is 0 Å². The van der Waals surface area contributed by atoms with Crippen LogP contribution in [0.1, 0.15) is 12.5 Å². The normalized spacial score (nSPS) is 11.7. The molecule has 1 unspecified atom stereocenters. The summed E-state index contributed by atoms with van der Waals surface area (Å²) in [4.78, 5) is 16.9. The highest BCUT2D eigenvalue weighted by Crippen LogP contribution is 2.31. The molecule has 0 saturated heterocycles. The van der Waals surface area contributed by atoms with E-state index in [2.05, 4.69) is 20.5 Å². The lowest BCUT2D eigenvalue weighted by Gasteiger charge is -2.15. The summed E-state index contributed by atoms with van der Waals surface area (Å²) in [5, 5.41) is 12.0. The summed E-state index contributed by atoms with van der Waals surface area (Å²) in [5.74, 6) is 1.32. The highest BCUT2D eigenvalue weighted by molar-refractivity contribution is 8.00. The lowest BCUT2D eigenvalue weighted by atomic mass is 10.2. The molecule has 0 radical (unpaired) electrons. The number of anilines is 1. The van der Waals surface area contributed by atoms with Gasteiger partial charge >= 0.3 is 0 Å². The average Bonchev–Trinajstić information content (AvgIpc) is 3.23. The molecule has 0 fully saturated rings. The molecular formula is C24H23N5O2S. The van der Waals surface area contributed by atoms with E-state index in [-0.39, 0.29) is 5.91 Å². The number of nitrogens with zero attached hydrogens (tertiary/aromatic N) is 4. The zero-order valence-electron chi connectivity index (χ0n) is 18.0. The number of para-hydroxylation sites is 1. The highest BCUT2D eigenvalue weighted by atomic mass is 32.2. The summed E-state index contributed by atoms with van der Waals surface area (Å²) < 4.78 is 7.16. The largest absolute Gasteiger partial charge is 0.497 e. The summed E-state index contributed by atoms with van der Waals surface area (Å²) in [6.45, 7) is 3.90. The highest BCUT2D eigenvalue weighted by Gasteiger charge is 2.22. The summed E-state index contributed by atoms with van der Waals surface area (Å²) in [6.07, 6.45) is 3.45. The second kappa shape index (κ2) is 9.65. The first-order valence-electron chi connectivity index (χ1n) is 10.1. The molecule has 32 heavy (non-hydrogen) atoms. The van der Waals surface area contributed by atoms with Gasteiger partial charge in [-0.2, -0.15) is 0 Å². The number of aryl methyl sites for hydroxylation is 1. The average molecular weight is 446 g/mol. The summed E-state index contributed by atoms with van der Waals surface area (Å²) >= 11 is 1.36. The van der Waals surface area contributed by atoms with Gasteiger partial charge in [-0.1, -0.05) is 30.0 Å². The number of benzene rings is 2. The Balaban J connectivity index is 1.62. The van der Waals surface area contributed by atoms with E-state index in [1.54, 1.807) is 19.5 Å². The van der Waals surface area contributed by atoms with E-state index in [9.17, 15) is 4.79 Å². The molecule has 2 aromatic carbocycles. The molecule has 0 aliphatic rings. The first kappa shape index (κ1) is 21.6. The van der Waals surface area contributed by atoms with Gasteiger partial charge in [-0.25, -0.2) is 0 Å². The fraction of sp³-hybridized carbons (Fsp3) is 0.167. The molecule has 1 N–H and O–H groups in total. The van der Waals surface area contributed by atoms with Gasteiger partial charge in [0.15, 0.2) is 11.0 Å². The third-order valence-corrected chi connectivity index (χ3v) is 5.98. The van der Waals surface area contributed by atoms with Gasteiger partial charge in [0.25, 0.3) is 0 Å². The Hall–Kier alpha value is -3.65. The van der Waals surface area contributed by atoms with Gasteiger partial charge in [-0.3, -0.25) is 14.3 Å². The van der Waals surface area contributed by atoms with Crippen LogP contribution in [0.15, 0.2) is 78.2 Å². The number of rotatable bonds is 7. The molecule has 0 spiro atoms. The van der Waals surface area contributed by atoms with Gasteiger partial charge < -0.3 is 10.1 Å². The van der Waals surface area contributed by atoms with Crippen molar-refractivity contribution in [1.29, 1.82) is 0 Å². The second-order valence-electron chi connectivity index (χ2n) is 7.14. The Morgan fingerprint density at radius 2 is 1.75 bits per heavy atom. The smallest absolute Gasteiger partial charge is 0.237 e. The number of aromatic nitrogens is 4. The predicted octanol–water partition coefficient (Wildman–Crippen LogP) is 4.77. The summed E-state index contributed by atoms with van der Waals surface area (Å²) in [6, 6.07) is 19.1. The first-order valence-corrected chi connectivity index (χ1v) is 11.0. The molecule has 1 amide bonds. The number of carbonyl (C=O) groups excluding carboxylic acids is 1. The fourth-order valence-electron chi connectivity index (χ4n) is 3.20. The second-order valence-corrected chi connectivity index (χ2v) is 8.45. The van der Waals surface area contributed by atoms with E-state index in [1.165, 1.54) is 11.8 Å². The molecule has 8 heteroatoms. The number of thioether (sulfide) groups is 1. The SMILES string of the molecule is COc1ccc(NC(=O)C(C)Sc2nnc(-c3ccncc3)n2-c2ccccc2C)cc1. The molecule has 0 saturated carbocycles. The van der Waals surface area contributed by atoms with Crippen molar-refractivity contribution < 1.29 is 9.53 Å². The van der Waals surface area contributed by atoms with Gasteiger partial charge in [-0.05, 0) is 61.9 Å². The van der Waals surface area contributed by atoms with Crippen LogP contribution in [-0.2, 0) is 4.79 Å². The van der Waals surface area contributed by atoms with Crippen LogP contribution in [-0.4, -0.2) is 38.0 Å². The van der Waals surface area contributed by atoms with E-state index < -0.39 is 5.25 Å². The van der Waals surface area contributed by atoms with E-state index in [1.807, 2.05) is 79.1 Å². The maximum absolute atomic E-state index is 12.8. The molecule has 4 aromatic rings. The van der Waals surface area contributed by atoms with Crippen molar-refractivity contribution >= 4 is 23.4 Å². The fourth-order valence-corrected chi connectivity index (χ4v) is 4.06. The van der Waals surface area contributed by atoms with Crippen molar-refractivity contribution in [3.05, 3.63) is 78.6 Å². The van der Waals surface area contributed by atoms with Crippen molar-refractivity contribution in [2.75, 3.05) is 12.4 Å². The maximum atomic E-state index is 12.8. The maximum Gasteiger partial charge on any atom is 0.237 e. The molecule has 4 rings (SSSR count). The lowest BCUT2D eigenvalue weighted by molar-refractivity contribution is -0.115. The molecule has 1 atom stereocenters. The number of hydrogen-bond acceptors (Lipinski definition) is 6. The standard InChI is InChI=1S/C24H23N5O2S/c1-16-6-4-5-7-21(16)29-22(18-12-14-25-15-13-18)27-28-24(29)32-17(2)23(30)26-19-8-10-20(31-3)11-9-19/h4-15,17H,1-3H3,(H,26,30). The summed E-state index contributed by atoms with van der Waals surface area (Å²) in [5.41, 5.74) is 3.66. The topological polar surface area (TPSA) is 81.9 Å². The van der Waals surface area contributed by atoms with Crippen molar-refractivity contribution in [3.63, 3.8) is 0 Å². The van der Waals surface area contributed by atoms with Crippen LogP contribution < -0.4 is 10.1 Å². The van der Waals surface area contributed by atoms with Crippen LogP contribution in [0.3, 0.4) is 0 Å².